The fourth-order valence-corrected chi connectivity index (χ4v) is 3.47. The minimum absolute atomic E-state index is 0.257. The molecule has 1 atom stereocenters. The standard InChI is InChI=1S/C12H17NO2S/c1-3-15-12(14)10-8-5-4-7(2)6-9(8)16-11(10)13/h7H,3-6,13H2,1-2H3/t7-/m1/s1. The lowest BCUT2D eigenvalue weighted by Gasteiger charge is -2.18. The third kappa shape index (κ3) is 1.94. The average Bonchev–Trinajstić information content (AvgIpc) is 2.53. The van der Waals surface area contributed by atoms with Gasteiger partial charge in [-0.1, -0.05) is 6.92 Å². The molecular formula is C12H17NO2S. The van der Waals surface area contributed by atoms with Crippen LogP contribution in [0.5, 0.6) is 0 Å². The Morgan fingerprint density at radius 2 is 2.38 bits per heavy atom. The van der Waals surface area contributed by atoms with Crippen LogP contribution in [0, 0.1) is 5.92 Å². The zero-order valence-corrected chi connectivity index (χ0v) is 10.5. The second-order valence-corrected chi connectivity index (χ2v) is 5.45. The smallest absolute Gasteiger partial charge is 0.341 e. The van der Waals surface area contributed by atoms with E-state index in [2.05, 4.69) is 6.92 Å². The fraction of sp³-hybridized carbons (Fsp3) is 0.583. The van der Waals surface area contributed by atoms with Crippen LogP contribution in [0.4, 0.5) is 5.00 Å². The normalized spacial score (nSPS) is 19.2. The summed E-state index contributed by atoms with van der Waals surface area (Å²) >= 11 is 1.55. The van der Waals surface area contributed by atoms with Crippen LogP contribution in [0.25, 0.3) is 0 Å². The predicted molar refractivity (Wildman–Crippen MR) is 65.9 cm³/mol. The Bertz CT molecular complexity index is 411. The fourth-order valence-electron chi connectivity index (χ4n) is 2.20. The van der Waals surface area contributed by atoms with E-state index in [1.54, 1.807) is 11.3 Å². The van der Waals surface area contributed by atoms with Crippen molar-refractivity contribution in [3.05, 3.63) is 16.0 Å². The molecule has 0 amide bonds. The summed E-state index contributed by atoms with van der Waals surface area (Å²) in [5, 5.41) is 0.623. The van der Waals surface area contributed by atoms with Gasteiger partial charge in [-0.05, 0) is 37.7 Å². The summed E-state index contributed by atoms with van der Waals surface area (Å²) in [4.78, 5) is 13.1. The molecule has 1 aromatic heterocycles. The van der Waals surface area contributed by atoms with Gasteiger partial charge in [-0.25, -0.2) is 4.79 Å². The number of carbonyl (C=O) groups excluding carboxylic acids is 1. The number of rotatable bonds is 2. The van der Waals surface area contributed by atoms with Gasteiger partial charge in [-0.15, -0.1) is 11.3 Å². The monoisotopic (exact) mass is 239 g/mol. The van der Waals surface area contributed by atoms with Gasteiger partial charge in [0.2, 0.25) is 0 Å². The average molecular weight is 239 g/mol. The highest BCUT2D eigenvalue weighted by Gasteiger charge is 2.26. The number of nitrogen functional groups attached to an aromatic ring is 1. The van der Waals surface area contributed by atoms with Gasteiger partial charge in [0.25, 0.3) is 0 Å². The molecule has 0 saturated heterocycles. The van der Waals surface area contributed by atoms with Gasteiger partial charge < -0.3 is 10.5 Å². The molecular weight excluding hydrogens is 222 g/mol. The lowest BCUT2D eigenvalue weighted by molar-refractivity contribution is 0.0526. The molecule has 1 aliphatic rings. The molecule has 0 unspecified atom stereocenters. The summed E-state index contributed by atoms with van der Waals surface area (Å²) in [6, 6.07) is 0. The molecule has 0 aliphatic heterocycles. The molecule has 1 aromatic rings. The van der Waals surface area contributed by atoms with Crippen LogP contribution in [0.3, 0.4) is 0 Å². The van der Waals surface area contributed by atoms with Crippen LogP contribution in [-0.4, -0.2) is 12.6 Å². The first-order valence-electron chi connectivity index (χ1n) is 5.70. The minimum Gasteiger partial charge on any atom is -0.462 e. The topological polar surface area (TPSA) is 52.3 Å². The van der Waals surface area contributed by atoms with Crippen LogP contribution in [0.2, 0.25) is 0 Å². The molecule has 0 fully saturated rings. The van der Waals surface area contributed by atoms with Crippen molar-refractivity contribution < 1.29 is 9.53 Å². The first kappa shape index (κ1) is 11.5. The number of hydrogen-bond acceptors (Lipinski definition) is 4. The quantitative estimate of drug-likeness (QED) is 0.807. The van der Waals surface area contributed by atoms with E-state index in [0.717, 1.165) is 24.8 Å². The van der Waals surface area contributed by atoms with Crippen molar-refractivity contribution >= 4 is 22.3 Å². The second-order valence-electron chi connectivity index (χ2n) is 4.31. The van der Waals surface area contributed by atoms with Gasteiger partial charge in [0, 0.05) is 4.88 Å². The van der Waals surface area contributed by atoms with E-state index in [4.69, 9.17) is 10.5 Å². The number of carbonyl (C=O) groups is 1. The van der Waals surface area contributed by atoms with Crippen molar-refractivity contribution in [1.82, 2.24) is 0 Å². The number of ether oxygens (including phenoxy) is 1. The maximum atomic E-state index is 11.8. The largest absolute Gasteiger partial charge is 0.462 e. The van der Waals surface area contributed by atoms with Crippen molar-refractivity contribution in [1.29, 1.82) is 0 Å². The molecule has 2 rings (SSSR count). The van der Waals surface area contributed by atoms with Crippen LogP contribution >= 0.6 is 11.3 Å². The highest BCUT2D eigenvalue weighted by atomic mass is 32.1. The summed E-state index contributed by atoms with van der Waals surface area (Å²) in [5.41, 5.74) is 7.69. The van der Waals surface area contributed by atoms with E-state index < -0.39 is 0 Å². The molecule has 0 bridgehead atoms. The highest BCUT2D eigenvalue weighted by Crippen LogP contribution is 2.38. The molecule has 0 aromatic carbocycles. The summed E-state index contributed by atoms with van der Waals surface area (Å²) in [6.07, 6.45) is 3.14. The van der Waals surface area contributed by atoms with Crippen molar-refractivity contribution in [2.24, 2.45) is 5.92 Å². The maximum Gasteiger partial charge on any atom is 0.341 e. The summed E-state index contributed by atoms with van der Waals surface area (Å²) in [7, 11) is 0. The first-order chi connectivity index (χ1) is 7.63. The van der Waals surface area contributed by atoms with Gasteiger partial charge >= 0.3 is 5.97 Å². The zero-order chi connectivity index (χ0) is 11.7. The number of esters is 1. The molecule has 0 spiro atoms. The minimum atomic E-state index is -0.257. The number of fused-ring (bicyclic) bond motifs is 1. The van der Waals surface area contributed by atoms with Gasteiger partial charge in [-0.3, -0.25) is 0 Å². The van der Waals surface area contributed by atoms with Gasteiger partial charge in [-0.2, -0.15) is 0 Å². The van der Waals surface area contributed by atoms with E-state index in [1.807, 2.05) is 6.92 Å². The molecule has 16 heavy (non-hydrogen) atoms. The second kappa shape index (κ2) is 4.45. The summed E-state index contributed by atoms with van der Waals surface area (Å²) < 4.78 is 5.05. The zero-order valence-electron chi connectivity index (χ0n) is 9.71. The van der Waals surface area contributed by atoms with Gasteiger partial charge in [0.05, 0.1) is 12.2 Å². The van der Waals surface area contributed by atoms with Crippen molar-refractivity contribution in [3.63, 3.8) is 0 Å². The highest BCUT2D eigenvalue weighted by molar-refractivity contribution is 7.16. The maximum absolute atomic E-state index is 11.8. The lowest BCUT2D eigenvalue weighted by Crippen LogP contribution is -2.14. The molecule has 0 saturated carbocycles. The lowest BCUT2D eigenvalue weighted by atomic mass is 9.88. The molecule has 2 N–H and O–H groups in total. The van der Waals surface area contributed by atoms with E-state index in [9.17, 15) is 4.79 Å². The SMILES string of the molecule is CCOC(=O)c1c(N)sc2c1CC[C@@H](C)C2. The molecule has 88 valence electrons. The predicted octanol–water partition coefficient (Wildman–Crippen LogP) is 2.63. The Morgan fingerprint density at radius 3 is 3.06 bits per heavy atom. The van der Waals surface area contributed by atoms with Crippen molar-refractivity contribution in [2.75, 3.05) is 12.3 Å². The van der Waals surface area contributed by atoms with Crippen LogP contribution in [-0.2, 0) is 17.6 Å². The van der Waals surface area contributed by atoms with E-state index in [-0.39, 0.29) is 5.97 Å². The van der Waals surface area contributed by atoms with Crippen molar-refractivity contribution in [2.45, 2.75) is 33.1 Å². The third-order valence-corrected chi connectivity index (χ3v) is 4.10. The number of anilines is 1. The Hall–Kier alpha value is -1.03. The van der Waals surface area contributed by atoms with E-state index in [0.29, 0.717) is 23.1 Å². The number of nitrogens with two attached hydrogens (primary N) is 1. The Kier molecular flexibility index (Phi) is 3.19. The number of thiophene rings is 1. The Morgan fingerprint density at radius 1 is 1.62 bits per heavy atom. The number of hydrogen-bond donors (Lipinski definition) is 1. The molecule has 0 radical (unpaired) electrons. The molecule has 1 aliphatic carbocycles. The van der Waals surface area contributed by atoms with Gasteiger partial charge in [0.1, 0.15) is 5.00 Å². The molecule has 3 nitrogen and oxygen atoms in total. The van der Waals surface area contributed by atoms with Crippen molar-refractivity contribution in [3.8, 4) is 0 Å². The summed E-state index contributed by atoms with van der Waals surface area (Å²) in [5.74, 6) is 0.438. The summed E-state index contributed by atoms with van der Waals surface area (Å²) in [6.45, 7) is 4.46. The van der Waals surface area contributed by atoms with Gasteiger partial charge in [0.15, 0.2) is 0 Å². The van der Waals surface area contributed by atoms with E-state index in [1.165, 1.54) is 4.88 Å². The third-order valence-electron chi connectivity index (χ3n) is 3.02. The van der Waals surface area contributed by atoms with E-state index >= 15 is 0 Å². The first-order valence-corrected chi connectivity index (χ1v) is 6.52. The molecule has 1 heterocycles. The van der Waals surface area contributed by atoms with Crippen LogP contribution in [0.1, 0.15) is 41.1 Å². The Labute approximate surface area is 99.6 Å². The van der Waals surface area contributed by atoms with Crippen LogP contribution < -0.4 is 5.73 Å². The Balaban J connectivity index is 2.35. The molecule has 4 heteroatoms. The van der Waals surface area contributed by atoms with Crippen LogP contribution in [0.15, 0.2) is 0 Å².